The number of anilines is 1. The summed E-state index contributed by atoms with van der Waals surface area (Å²) < 4.78 is 38.7. The fourth-order valence-corrected chi connectivity index (χ4v) is 2.99. The van der Waals surface area contributed by atoms with E-state index in [-0.39, 0.29) is 25.5 Å². The zero-order valence-electron chi connectivity index (χ0n) is 13.1. The normalized spacial score (nSPS) is 20.8. The van der Waals surface area contributed by atoms with Crippen LogP contribution in [0.25, 0.3) is 0 Å². The highest BCUT2D eigenvalue weighted by Gasteiger charge is 2.52. The highest BCUT2D eigenvalue weighted by atomic mass is 35.5. The van der Waals surface area contributed by atoms with Crippen molar-refractivity contribution in [1.82, 2.24) is 4.90 Å². The lowest BCUT2D eigenvalue weighted by atomic mass is 9.96. The Labute approximate surface area is 153 Å². The topological polar surface area (TPSA) is 69.6 Å². The summed E-state index contributed by atoms with van der Waals surface area (Å²) in [5.41, 5.74) is 1.25. The maximum Gasteiger partial charge on any atom is 0.393 e. The number of nitrogens with zero attached hydrogens (tertiary/aromatic N) is 1. The molecule has 10 heteroatoms. The van der Waals surface area contributed by atoms with Crippen molar-refractivity contribution < 1.29 is 27.9 Å². The standard InChI is InChI=1S/C15H16ClF3N2O3.ClH/c1-8-2-3-12(11(16)4-8)20-13(22)7-21-5-9(14(23)24)10(6-21)15(17,18)19;/h2-4,9-10H,5-7H2,1H3,(H,20,22)(H,23,24);1H/t9-,10-;/m1./s1. The second-order valence-electron chi connectivity index (χ2n) is 5.82. The quantitative estimate of drug-likeness (QED) is 0.813. The Morgan fingerprint density at radius 1 is 1.36 bits per heavy atom. The van der Waals surface area contributed by atoms with Gasteiger partial charge in [0, 0.05) is 13.1 Å². The number of carbonyl (C=O) groups is 2. The minimum Gasteiger partial charge on any atom is -0.481 e. The van der Waals surface area contributed by atoms with Crippen LogP contribution < -0.4 is 5.32 Å². The van der Waals surface area contributed by atoms with E-state index in [1.165, 1.54) is 4.90 Å². The Kier molecular flexibility index (Phi) is 7.10. The Hall–Kier alpha value is -1.51. The molecule has 25 heavy (non-hydrogen) atoms. The highest BCUT2D eigenvalue weighted by molar-refractivity contribution is 6.33. The maximum absolute atomic E-state index is 12.9. The average Bonchev–Trinajstić information content (AvgIpc) is 2.86. The molecule has 0 radical (unpaired) electrons. The summed E-state index contributed by atoms with van der Waals surface area (Å²) in [6.45, 7) is 0.648. The Balaban J connectivity index is 0.00000312. The van der Waals surface area contributed by atoms with Crippen LogP contribution in [0.2, 0.25) is 5.02 Å². The first-order valence-corrected chi connectivity index (χ1v) is 7.53. The van der Waals surface area contributed by atoms with Crippen molar-refractivity contribution in [3.63, 3.8) is 0 Å². The number of carboxylic acid groups (broad SMARTS) is 1. The first-order chi connectivity index (χ1) is 11.1. The van der Waals surface area contributed by atoms with Gasteiger partial charge in [-0.3, -0.25) is 14.5 Å². The largest absolute Gasteiger partial charge is 0.481 e. The fraction of sp³-hybridized carbons (Fsp3) is 0.467. The predicted molar refractivity (Wildman–Crippen MR) is 89.2 cm³/mol. The summed E-state index contributed by atoms with van der Waals surface area (Å²) >= 11 is 5.98. The number of alkyl halides is 3. The van der Waals surface area contributed by atoms with Crippen LogP contribution in [0.4, 0.5) is 18.9 Å². The third-order valence-corrected chi connectivity index (χ3v) is 4.21. The Morgan fingerprint density at radius 2 is 2.00 bits per heavy atom. The van der Waals surface area contributed by atoms with Crippen molar-refractivity contribution in [1.29, 1.82) is 0 Å². The molecule has 1 aromatic rings. The zero-order valence-corrected chi connectivity index (χ0v) is 14.7. The molecular weight excluding hydrogens is 384 g/mol. The number of carbonyl (C=O) groups excluding carboxylic acids is 1. The molecule has 0 bridgehead atoms. The van der Waals surface area contributed by atoms with Gasteiger partial charge >= 0.3 is 12.1 Å². The molecule has 2 N–H and O–H groups in total. The number of benzene rings is 1. The van der Waals surface area contributed by atoms with Crippen molar-refractivity contribution in [2.24, 2.45) is 11.8 Å². The van der Waals surface area contributed by atoms with E-state index in [0.717, 1.165) is 5.56 Å². The number of hydrogen-bond donors (Lipinski definition) is 2. The van der Waals surface area contributed by atoms with Gasteiger partial charge in [0.05, 0.1) is 29.1 Å². The molecule has 0 unspecified atom stereocenters. The highest BCUT2D eigenvalue weighted by Crippen LogP contribution is 2.37. The van der Waals surface area contributed by atoms with E-state index in [9.17, 15) is 22.8 Å². The number of likely N-dealkylation sites (tertiary alicyclic amines) is 1. The molecule has 1 saturated heterocycles. The molecule has 1 aromatic carbocycles. The van der Waals surface area contributed by atoms with Crippen LogP contribution in [0.3, 0.4) is 0 Å². The molecule has 2 rings (SSSR count). The lowest BCUT2D eigenvalue weighted by Gasteiger charge is -2.18. The average molecular weight is 401 g/mol. The van der Waals surface area contributed by atoms with Gasteiger partial charge in [-0.05, 0) is 24.6 Å². The van der Waals surface area contributed by atoms with Crippen LogP contribution in [-0.4, -0.2) is 47.7 Å². The van der Waals surface area contributed by atoms with E-state index in [1.54, 1.807) is 18.2 Å². The molecule has 1 fully saturated rings. The van der Waals surface area contributed by atoms with Gasteiger partial charge in [-0.25, -0.2) is 0 Å². The first kappa shape index (κ1) is 21.5. The van der Waals surface area contributed by atoms with Crippen LogP contribution in [0.15, 0.2) is 18.2 Å². The number of aryl methyl sites for hydroxylation is 1. The summed E-state index contributed by atoms with van der Waals surface area (Å²) in [6, 6.07) is 4.97. The van der Waals surface area contributed by atoms with Crippen molar-refractivity contribution in [2.45, 2.75) is 13.1 Å². The Bertz CT molecular complexity index is 655. The lowest BCUT2D eigenvalue weighted by Crippen LogP contribution is -2.34. The van der Waals surface area contributed by atoms with Crippen LogP contribution >= 0.6 is 24.0 Å². The van der Waals surface area contributed by atoms with Crippen molar-refractivity contribution in [3.05, 3.63) is 28.8 Å². The van der Waals surface area contributed by atoms with E-state index >= 15 is 0 Å². The monoisotopic (exact) mass is 400 g/mol. The second-order valence-corrected chi connectivity index (χ2v) is 6.23. The molecule has 0 aromatic heterocycles. The molecule has 1 aliphatic heterocycles. The number of nitrogens with one attached hydrogen (secondary N) is 1. The lowest BCUT2D eigenvalue weighted by molar-refractivity contribution is -0.188. The number of amides is 1. The fourth-order valence-electron chi connectivity index (χ4n) is 2.71. The van der Waals surface area contributed by atoms with Crippen molar-refractivity contribution in [3.8, 4) is 0 Å². The van der Waals surface area contributed by atoms with Gasteiger partial charge in [-0.15, -0.1) is 12.4 Å². The molecule has 1 aliphatic rings. The molecule has 5 nitrogen and oxygen atoms in total. The second kappa shape index (κ2) is 8.25. The van der Waals surface area contributed by atoms with Crippen molar-refractivity contribution >= 4 is 41.6 Å². The van der Waals surface area contributed by atoms with E-state index in [1.807, 2.05) is 6.92 Å². The minimum atomic E-state index is -4.62. The van der Waals surface area contributed by atoms with Gasteiger partial charge in [-0.2, -0.15) is 13.2 Å². The SMILES string of the molecule is Cc1ccc(NC(=O)CN2C[C@@H](C(F)(F)F)[C@H](C(=O)O)C2)c(Cl)c1.Cl. The molecule has 0 aliphatic carbocycles. The minimum absolute atomic E-state index is 0. The molecular formula is C15H17Cl2F3N2O3. The van der Waals surface area contributed by atoms with E-state index in [2.05, 4.69) is 5.32 Å². The number of aliphatic carboxylic acids is 1. The summed E-state index contributed by atoms with van der Waals surface area (Å²) in [6.07, 6.45) is -4.62. The van der Waals surface area contributed by atoms with Crippen LogP contribution in [0, 0.1) is 18.8 Å². The van der Waals surface area contributed by atoms with Gasteiger partial charge in [0.15, 0.2) is 0 Å². The zero-order chi connectivity index (χ0) is 18.1. The smallest absolute Gasteiger partial charge is 0.393 e. The number of halogens is 5. The van der Waals surface area contributed by atoms with Crippen LogP contribution in [-0.2, 0) is 9.59 Å². The number of carboxylic acids is 1. The molecule has 1 heterocycles. The van der Waals surface area contributed by atoms with Gasteiger partial charge in [0.2, 0.25) is 5.91 Å². The van der Waals surface area contributed by atoms with E-state index in [4.69, 9.17) is 16.7 Å². The molecule has 1 amide bonds. The molecule has 0 saturated carbocycles. The van der Waals surface area contributed by atoms with Gasteiger partial charge in [-0.1, -0.05) is 17.7 Å². The molecule has 2 atom stereocenters. The summed E-state index contributed by atoms with van der Waals surface area (Å²) in [7, 11) is 0. The third kappa shape index (κ3) is 5.49. The van der Waals surface area contributed by atoms with Gasteiger partial charge in [0.1, 0.15) is 0 Å². The van der Waals surface area contributed by atoms with Gasteiger partial charge < -0.3 is 10.4 Å². The summed E-state index contributed by atoms with van der Waals surface area (Å²) in [5.74, 6) is -5.61. The van der Waals surface area contributed by atoms with Crippen LogP contribution in [0.5, 0.6) is 0 Å². The predicted octanol–water partition coefficient (Wildman–Crippen LogP) is 3.20. The third-order valence-electron chi connectivity index (χ3n) is 3.90. The van der Waals surface area contributed by atoms with Crippen molar-refractivity contribution in [2.75, 3.05) is 25.0 Å². The maximum atomic E-state index is 12.9. The summed E-state index contributed by atoms with van der Waals surface area (Å²) in [5, 5.41) is 11.8. The summed E-state index contributed by atoms with van der Waals surface area (Å²) in [4.78, 5) is 24.2. The van der Waals surface area contributed by atoms with Gasteiger partial charge in [0.25, 0.3) is 0 Å². The molecule has 0 spiro atoms. The number of rotatable bonds is 4. The van der Waals surface area contributed by atoms with Crippen LogP contribution in [0.1, 0.15) is 5.56 Å². The Morgan fingerprint density at radius 3 is 2.48 bits per heavy atom. The van der Waals surface area contributed by atoms with E-state index in [0.29, 0.717) is 10.7 Å². The first-order valence-electron chi connectivity index (χ1n) is 7.16. The number of hydrogen-bond acceptors (Lipinski definition) is 3. The van der Waals surface area contributed by atoms with E-state index < -0.39 is 36.4 Å². The molecule has 140 valence electrons.